The molecule has 2 aliphatic carbocycles. The average Bonchev–Trinajstić information content (AvgIpc) is 3.72. The van der Waals surface area contributed by atoms with Gasteiger partial charge in [0, 0.05) is 24.5 Å². The van der Waals surface area contributed by atoms with Crippen molar-refractivity contribution in [2.24, 2.45) is 17.3 Å². The predicted octanol–water partition coefficient (Wildman–Crippen LogP) is 0.249. The molecule has 0 radical (unpaired) electrons. The summed E-state index contributed by atoms with van der Waals surface area (Å²) in [6, 6.07) is -2.84. The molecule has 1 aromatic rings. The molecule has 5 rings (SSSR count). The van der Waals surface area contributed by atoms with Crippen molar-refractivity contribution in [3.05, 3.63) is 24.3 Å². The van der Waals surface area contributed by atoms with Gasteiger partial charge in [-0.2, -0.15) is 0 Å². The maximum atomic E-state index is 14.1. The van der Waals surface area contributed by atoms with E-state index in [4.69, 9.17) is 0 Å². The maximum absolute atomic E-state index is 14.1. The summed E-state index contributed by atoms with van der Waals surface area (Å²) in [5, 5.41) is 10.9. The van der Waals surface area contributed by atoms with Crippen LogP contribution in [0.15, 0.2) is 18.6 Å². The van der Waals surface area contributed by atoms with Gasteiger partial charge in [0.05, 0.1) is 18.8 Å². The number of amides is 5. The van der Waals surface area contributed by atoms with Crippen molar-refractivity contribution in [1.82, 2.24) is 36.1 Å². The van der Waals surface area contributed by atoms with Crippen molar-refractivity contribution < 1.29 is 28.8 Å². The van der Waals surface area contributed by atoms with Crippen LogP contribution in [0, 0.1) is 17.3 Å². The number of carbonyl (C=O) groups excluding carboxylic acids is 6. The van der Waals surface area contributed by atoms with Gasteiger partial charge in [0.25, 0.3) is 11.8 Å². The zero-order chi connectivity index (χ0) is 30.9. The van der Waals surface area contributed by atoms with Crippen molar-refractivity contribution >= 4 is 35.3 Å². The molecule has 2 saturated heterocycles. The van der Waals surface area contributed by atoms with E-state index >= 15 is 0 Å². The molecule has 0 spiro atoms. The van der Waals surface area contributed by atoms with Crippen LogP contribution in [0.25, 0.3) is 0 Å². The van der Waals surface area contributed by atoms with Gasteiger partial charge in [0.15, 0.2) is 0 Å². The molecule has 4 fully saturated rings. The lowest BCUT2D eigenvalue weighted by Crippen LogP contribution is -2.69. The lowest BCUT2D eigenvalue weighted by molar-refractivity contribution is -0.159. The fourth-order valence-electron chi connectivity index (χ4n) is 7.18. The van der Waals surface area contributed by atoms with Gasteiger partial charge in [-0.25, -0.2) is 4.98 Å². The molecule has 5 amide bonds. The third-order valence-electron chi connectivity index (χ3n) is 9.53. The number of hydrogen-bond donors (Lipinski definition) is 4. The fraction of sp³-hybridized carbons (Fsp3) is 0.667. The number of carbonyl (C=O) groups is 6. The molecule has 6 atom stereocenters. The Bertz CT molecular complexity index is 1280. The van der Waals surface area contributed by atoms with E-state index in [-0.39, 0.29) is 42.1 Å². The van der Waals surface area contributed by atoms with Crippen LogP contribution in [0.3, 0.4) is 0 Å². The number of nitrogens with one attached hydrogen (secondary N) is 4. The minimum atomic E-state index is -0.973. The Labute approximate surface area is 250 Å². The van der Waals surface area contributed by atoms with Crippen molar-refractivity contribution in [3.8, 4) is 0 Å². The van der Waals surface area contributed by atoms with Crippen LogP contribution in [0.1, 0.15) is 82.6 Å². The summed E-state index contributed by atoms with van der Waals surface area (Å²) in [6.45, 7) is 5.46. The smallest absolute Gasteiger partial charge is 0.289 e. The molecule has 3 heterocycles. The predicted molar refractivity (Wildman–Crippen MR) is 153 cm³/mol. The van der Waals surface area contributed by atoms with E-state index < -0.39 is 53.0 Å². The zero-order valence-corrected chi connectivity index (χ0v) is 24.9. The van der Waals surface area contributed by atoms with Crippen LogP contribution in [0.2, 0.25) is 0 Å². The highest BCUT2D eigenvalue weighted by Crippen LogP contribution is 2.53. The number of ketones is 1. The lowest BCUT2D eigenvalue weighted by atomic mass is 9.60. The molecule has 0 bridgehead atoms. The summed E-state index contributed by atoms with van der Waals surface area (Å²) in [4.78, 5) is 88.1. The lowest BCUT2D eigenvalue weighted by Gasteiger charge is -2.55. The Kier molecular flexibility index (Phi) is 8.79. The summed E-state index contributed by atoms with van der Waals surface area (Å²) in [7, 11) is 0. The summed E-state index contributed by atoms with van der Waals surface area (Å²) < 4.78 is 0. The summed E-state index contributed by atoms with van der Waals surface area (Å²) in [5.74, 6) is -3.10. The van der Waals surface area contributed by atoms with Crippen LogP contribution in [0.5, 0.6) is 0 Å². The van der Waals surface area contributed by atoms with Gasteiger partial charge in [-0.3, -0.25) is 33.8 Å². The Balaban J connectivity index is 1.30. The van der Waals surface area contributed by atoms with Crippen LogP contribution in [-0.4, -0.2) is 86.9 Å². The standard InChI is InChI=1S/C30H41N7O6/c1-4-6-19(24(39)28(42)34-17-9-10-17)35-27(41)21-13-16-7-5-8-18-23(16)37(21)29(43)25(30(18,2)3)36-22(38)15-33-26(40)20-14-31-11-12-32-20/h11-12,14,16-19,21,23,25H,4-10,13,15H2,1-3H3,(H,33,40)(H,34,42)(H,35,41)(H,36,38)/t16-,18?,19?,21-,23+,25+/m0/s1. The third-order valence-corrected chi connectivity index (χ3v) is 9.53. The number of nitrogens with zero attached hydrogens (tertiary/aromatic N) is 3. The van der Waals surface area contributed by atoms with Gasteiger partial charge in [0.1, 0.15) is 17.8 Å². The van der Waals surface area contributed by atoms with E-state index in [9.17, 15) is 28.8 Å². The fourth-order valence-corrected chi connectivity index (χ4v) is 7.18. The molecule has 2 unspecified atom stereocenters. The first-order valence-corrected chi connectivity index (χ1v) is 15.3. The Morgan fingerprint density at radius 2 is 1.84 bits per heavy atom. The highest BCUT2D eigenvalue weighted by atomic mass is 16.2. The summed E-state index contributed by atoms with van der Waals surface area (Å²) in [6.07, 6.45) is 9.82. The minimum absolute atomic E-state index is 0.0196. The third kappa shape index (κ3) is 6.25. The molecule has 13 nitrogen and oxygen atoms in total. The van der Waals surface area contributed by atoms with Crippen molar-refractivity contribution in [1.29, 1.82) is 0 Å². The topological polar surface area (TPSA) is 180 Å². The van der Waals surface area contributed by atoms with Crippen LogP contribution < -0.4 is 21.3 Å². The van der Waals surface area contributed by atoms with Crippen LogP contribution in [0.4, 0.5) is 0 Å². The van der Waals surface area contributed by atoms with E-state index in [0.717, 1.165) is 32.1 Å². The summed E-state index contributed by atoms with van der Waals surface area (Å²) in [5.41, 5.74) is -0.537. The van der Waals surface area contributed by atoms with Crippen LogP contribution in [-0.2, 0) is 24.0 Å². The number of hydrogen-bond acceptors (Lipinski definition) is 8. The first-order chi connectivity index (χ1) is 20.5. The SMILES string of the molecule is CCCC(NC(=O)[C@@H]1C[C@@H]2CCCC3[C@@H]2N1C(=O)[C@@H](NC(=O)CNC(=O)c1cnccn1)C3(C)C)C(=O)C(=O)NC1CC1. The molecule has 4 N–H and O–H groups in total. The molecule has 0 aromatic carbocycles. The monoisotopic (exact) mass is 595 g/mol. The van der Waals surface area contributed by atoms with Gasteiger partial charge in [-0.05, 0) is 55.8 Å². The Hall–Kier alpha value is -3.90. The molecule has 2 saturated carbocycles. The highest BCUT2D eigenvalue weighted by Gasteiger charge is 2.62. The molecule has 13 heteroatoms. The van der Waals surface area contributed by atoms with E-state index in [1.807, 2.05) is 20.8 Å². The molecule has 4 aliphatic rings. The first kappa shape index (κ1) is 30.6. The molecule has 43 heavy (non-hydrogen) atoms. The average molecular weight is 596 g/mol. The highest BCUT2D eigenvalue weighted by molar-refractivity contribution is 6.38. The number of rotatable bonds is 11. The van der Waals surface area contributed by atoms with Gasteiger partial charge < -0.3 is 26.2 Å². The van der Waals surface area contributed by atoms with Gasteiger partial charge in [-0.1, -0.05) is 33.6 Å². The second kappa shape index (κ2) is 12.4. The van der Waals surface area contributed by atoms with Crippen molar-refractivity contribution in [3.63, 3.8) is 0 Å². The molecular formula is C30H41N7O6. The normalized spacial score (nSPS) is 27.8. The largest absolute Gasteiger partial charge is 0.347 e. The van der Waals surface area contributed by atoms with E-state index in [0.29, 0.717) is 19.3 Å². The molecule has 1 aromatic heterocycles. The maximum Gasteiger partial charge on any atom is 0.289 e. The molecule has 2 aliphatic heterocycles. The second-order valence-corrected chi connectivity index (χ2v) is 12.8. The van der Waals surface area contributed by atoms with E-state index in [1.54, 1.807) is 4.90 Å². The second-order valence-electron chi connectivity index (χ2n) is 12.8. The Morgan fingerprint density at radius 1 is 1.07 bits per heavy atom. The Morgan fingerprint density at radius 3 is 2.51 bits per heavy atom. The first-order valence-electron chi connectivity index (χ1n) is 15.3. The minimum Gasteiger partial charge on any atom is -0.347 e. The van der Waals surface area contributed by atoms with Gasteiger partial charge in [0.2, 0.25) is 23.5 Å². The van der Waals surface area contributed by atoms with Gasteiger partial charge in [-0.15, -0.1) is 0 Å². The quantitative estimate of drug-likeness (QED) is 0.263. The molecule has 232 valence electrons. The van der Waals surface area contributed by atoms with Crippen LogP contribution >= 0.6 is 0 Å². The van der Waals surface area contributed by atoms with Crippen molar-refractivity contribution in [2.75, 3.05) is 6.54 Å². The van der Waals surface area contributed by atoms with Crippen molar-refractivity contribution in [2.45, 2.75) is 102 Å². The van der Waals surface area contributed by atoms with E-state index in [2.05, 4.69) is 31.2 Å². The van der Waals surface area contributed by atoms with Gasteiger partial charge >= 0.3 is 0 Å². The number of piperidine rings is 1. The number of Topliss-reactive ketones (excluding diaryl/α,β-unsaturated/α-hetero) is 1. The van der Waals surface area contributed by atoms with E-state index in [1.165, 1.54) is 18.6 Å². The molecular weight excluding hydrogens is 554 g/mol. The zero-order valence-electron chi connectivity index (χ0n) is 24.9. The number of aromatic nitrogens is 2. The summed E-state index contributed by atoms with van der Waals surface area (Å²) >= 11 is 0.